The standard InChI is InChI=1S/C19H36O3/c1-2-19(21)22-18-16-14-12-10-8-6-4-3-5-7-9-11-13-15-17-20/h2,20H,1,3-18H2. The van der Waals surface area contributed by atoms with E-state index >= 15 is 0 Å². The molecule has 0 amide bonds. The molecule has 0 aromatic heterocycles. The van der Waals surface area contributed by atoms with Crippen molar-refractivity contribution >= 4 is 5.97 Å². The molecule has 0 saturated carbocycles. The van der Waals surface area contributed by atoms with Crippen LogP contribution in [-0.2, 0) is 9.53 Å². The minimum atomic E-state index is -0.312. The Morgan fingerprint density at radius 1 is 0.727 bits per heavy atom. The fourth-order valence-electron chi connectivity index (χ4n) is 2.57. The second-order valence-electron chi connectivity index (χ2n) is 6.04. The third kappa shape index (κ3) is 17.2. The van der Waals surface area contributed by atoms with Gasteiger partial charge in [-0.05, 0) is 12.8 Å². The van der Waals surface area contributed by atoms with Gasteiger partial charge in [-0.15, -0.1) is 0 Å². The number of unbranched alkanes of at least 4 members (excludes halogenated alkanes) is 13. The molecule has 22 heavy (non-hydrogen) atoms. The van der Waals surface area contributed by atoms with E-state index in [1.54, 1.807) is 0 Å². The van der Waals surface area contributed by atoms with Gasteiger partial charge in [-0.1, -0.05) is 83.6 Å². The molecule has 0 fully saturated rings. The predicted molar refractivity (Wildman–Crippen MR) is 92.9 cm³/mol. The van der Waals surface area contributed by atoms with Gasteiger partial charge in [0.2, 0.25) is 0 Å². The molecule has 3 heteroatoms. The van der Waals surface area contributed by atoms with Crippen LogP contribution in [0.3, 0.4) is 0 Å². The van der Waals surface area contributed by atoms with E-state index in [2.05, 4.69) is 6.58 Å². The molecular weight excluding hydrogens is 276 g/mol. The number of rotatable bonds is 17. The first kappa shape index (κ1) is 21.2. The summed E-state index contributed by atoms with van der Waals surface area (Å²) in [6.45, 7) is 4.25. The van der Waals surface area contributed by atoms with Crippen LogP contribution in [0.2, 0.25) is 0 Å². The maximum absolute atomic E-state index is 10.8. The van der Waals surface area contributed by atoms with Crippen LogP contribution in [0.25, 0.3) is 0 Å². The molecule has 0 aliphatic carbocycles. The Hall–Kier alpha value is -0.830. The topological polar surface area (TPSA) is 46.5 Å². The van der Waals surface area contributed by atoms with Crippen LogP contribution in [0.15, 0.2) is 12.7 Å². The predicted octanol–water partition coefficient (Wildman–Crippen LogP) is 5.17. The third-order valence-electron chi connectivity index (χ3n) is 3.96. The van der Waals surface area contributed by atoms with E-state index in [1.165, 1.54) is 76.7 Å². The van der Waals surface area contributed by atoms with Crippen molar-refractivity contribution in [3.63, 3.8) is 0 Å². The fraction of sp³-hybridized carbons (Fsp3) is 0.842. The van der Waals surface area contributed by atoms with Crippen LogP contribution >= 0.6 is 0 Å². The summed E-state index contributed by atoms with van der Waals surface area (Å²) in [7, 11) is 0. The Morgan fingerprint density at radius 3 is 1.45 bits per heavy atom. The van der Waals surface area contributed by atoms with Gasteiger partial charge in [-0.2, -0.15) is 0 Å². The van der Waals surface area contributed by atoms with Crippen molar-refractivity contribution in [3.05, 3.63) is 12.7 Å². The summed E-state index contributed by atoms with van der Waals surface area (Å²) in [6.07, 6.45) is 18.8. The van der Waals surface area contributed by atoms with E-state index in [-0.39, 0.29) is 5.97 Å². The Kier molecular flexibility index (Phi) is 17.5. The van der Waals surface area contributed by atoms with Crippen molar-refractivity contribution in [3.8, 4) is 0 Å². The first-order valence-corrected chi connectivity index (χ1v) is 9.21. The van der Waals surface area contributed by atoms with Crippen LogP contribution in [-0.4, -0.2) is 24.3 Å². The molecule has 130 valence electrons. The highest BCUT2D eigenvalue weighted by molar-refractivity contribution is 5.81. The first-order valence-electron chi connectivity index (χ1n) is 9.21. The van der Waals surface area contributed by atoms with Crippen molar-refractivity contribution in [1.29, 1.82) is 0 Å². The molecule has 3 nitrogen and oxygen atoms in total. The van der Waals surface area contributed by atoms with Crippen LogP contribution in [0.5, 0.6) is 0 Å². The zero-order valence-electron chi connectivity index (χ0n) is 14.4. The van der Waals surface area contributed by atoms with E-state index in [0.29, 0.717) is 13.2 Å². The average molecular weight is 312 g/mol. The van der Waals surface area contributed by atoms with Gasteiger partial charge in [0.25, 0.3) is 0 Å². The largest absolute Gasteiger partial charge is 0.463 e. The molecule has 0 bridgehead atoms. The van der Waals surface area contributed by atoms with E-state index < -0.39 is 0 Å². The molecule has 0 aliphatic rings. The van der Waals surface area contributed by atoms with Gasteiger partial charge in [0.15, 0.2) is 0 Å². The lowest BCUT2D eigenvalue weighted by Gasteiger charge is -2.04. The Balaban J connectivity index is 2.99. The average Bonchev–Trinajstić information content (AvgIpc) is 2.54. The number of carbonyl (C=O) groups excluding carboxylic acids is 1. The maximum Gasteiger partial charge on any atom is 0.330 e. The number of hydrogen-bond acceptors (Lipinski definition) is 3. The van der Waals surface area contributed by atoms with Crippen molar-refractivity contribution in [2.75, 3.05) is 13.2 Å². The fourth-order valence-corrected chi connectivity index (χ4v) is 2.57. The van der Waals surface area contributed by atoms with Gasteiger partial charge < -0.3 is 9.84 Å². The number of esters is 1. The minimum absolute atomic E-state index is 0.312. The quantitative estimate of drug-likeness (QED) is 0.229. The highest BCUT2D eigenvalue weighted by atomic mass is 16.5. The van der Waals surface area contributed by atoms with Crippen LogP contribution in [0.1, 0.15) is 89.9 Å². The molecule has 0 rings (SSSR count). The van der Waals surface area contributed by atoms with E-state index in [1.807, 2.05) is 0 Å². The zero-order chi connectivity index (χ0) is 16.3. The highest BCUT2D eigenvalue weighted by Gasteiger charge is 1.96. The summed E-state index contributed by atoms with van der Waals surface area (Å²) in [5, 5.41) is 8.68. The summed E-state index contributed by atoms with van der Waals surface area (Å²) in [6, 6.07) is 0. The maximum atomic E-state index is 10.8. The summed E-state index contributed by atoms with van der Waals surface area (Å²) < 4.78 is 4.94. The lowest BCUT2D eigenvalue weighted by Crippen LogP contribution is -2.01. The Morgan fingerprint density at radius 2 is 1.09 bits per heavy atom. The third-order valence-corrected chi connectivity index (χ3v) is 3.96. The lowest BCUT2D eigenvalue weighted by molar-refractivity contribution is -0.137. The van der Waals surface area contributed by atoms with Crippen molar-refractivity contribution < 1.29 is 14.6 Å². The van der Waals surface area contributed by atoms with Crippen LogP contribution in [0.4, 0.5) is 0 Å². The highest BCUT2D eigenvalue weighted by Crippen LogP contribution is 2.12. The molecule has 0 aromatic carbocycles. The van der Waals surface area contributed by atoms with Gasteiger partial charge in [0, 0.05) is 12.7 Å². The van der Waals surface area contributed by atoms with Gasteiger partial charge in [-0.25, -0.2) is 4.79 Å². The molecule has 0 aromatic rings. The molecule has 0 atom stereocenters. The summed E-state index contributed by atoms with van der Waals surface area (Å²) in [5.41, 5.74) is 0. The summed E-state index contributed by atoms with van der Waals surface area (Å²) >= 11 is 0. The molecule has 0 unspecified atom stereocenters. The second-order valence-corrected chi connectivity index (χ2v) is 6.04. The number of ether oxygens (including phenoxy) is 1. The Labute approximate surface area is 137 Å². The molecular formula is C19H36O3. The number of hydrogen-bond donors (Lipinski definition) is 1. The van der Waals surface area contributed by atoms with E-state index in [0.717, 1.165) is 19.3 Å². The SMILES string of the molecule is C=CC(=O)OCCCCCCCCCCCCCCCCO. The normalized spacial score (nSPS) is 10.6. The molecule has 0 heterocycles. The smallest absolute Gasteiger partial charge is 0.330 e. The first-order chi connectivity index (χ1) is 10.8. The molecule has 0 aliphatic heterocycles. The lowest BCUT2D eigenvalue weighted by atomic mass is 10.0. The minimum Gasteiger partial charge on any atom is -0.463 e. The second kappa shape index (κ2) is 18.2. The monoisotopic (exact) mass is 312 g/mol. The molecule has 1 N–H and O–H groups in total. The van der Waals surface area contributed by atoms with Gasteiger partial charge >= 0.3 is 5.97 Å². The number of aliphatic hydroxyl groups excluding tert-OH is 1. The number of carbonyl (C=O) groups is 1. The van der Waals surface area contributed by atoms with Crippen LogP contribution in [0, 0.1) is 0 Å². The van der Waals surface area contributed by atoms with E-state index in [9.17, 15) is 4.79 Å². The molecule has 0 radical (unpaired) electrons. The number of aliphatic hydroxyl groups is 1. The van der Waals surface area contributed by atoms with E-state index in [4.69, 9.17) is 9.84 Å². The van der Waals surface area contributed by atoms with Crippen LogP contribution < -0.4 is 0 Å². The summed E-state index contributed by atoms with van der Waals surface area (Å²) in [4.78, 5) is 10.8. The molecule has 0 spiro atoms. The van der Waals surface area contributed by atoms with Crippen molar-refractivity contribution in [2.24, 2.45) is 0 Å². The Bertz CT molecular complexity index is 251. The molecule has 0 saturated heterocycles. The van der Waals surface area contributed by atoms with Crippen molar-refractivity contribution in [1.82, 2.24) is 0 Å². The van der Waals surface area contributed by atoms with Crippen molar-refractivity contribution in [2.45, 2.75) is 89.9 Å². The van der Waals surface area contributed by atoms with Gasteiger partial charge in [0.05, 0.1) is 6.61 Å². The zero-order valence-corrected chi connectivity index (χ0v) is 14.4. The van der Waals surface area contributed by atoms with Gasteiger partial charge in [-0.3, -0.25) is 0 Å². The van der Waals surface area contributed by atoms with Gasteiger partial charge in [0.1, 0.15) is 0 Å². The summed E-state index contributed by atoms with van der Waals surface area (Å²) in [5.74, 6) is -0.312.